The smallest absolute Gasteiger partial charge is 0.338 e. The van der Waals surface area contributed by atoms with E-state index in [1.165, 1.54) is 11.8 Å². The predicted octanol–water partition coefficient (Wildman–Crippen LogP) is 5.09. The van der Waals surface area contributed by atoms with Gasteiger partial charge in [0, 0.05) is 17.0 Å². The lowest BCUT2D eigenvalue weighted by Gasteiger charge is -2.31. The minimum Gasteiger partial charge on any atom is -0.497 e. The summed E-state index contributed by atoms with van der Waals surface area (Å²) in [5.41, 5.74) is 1.59. The third kappa shape index (κ3) is 6.32. The number of hydrogen-bond donors (Lipinski definition) is 1. The van der Waals surface area contributed by atoms with Gasteiger partial charge in [-0.1, -0.05) is 17.8 Å². The molecule has 1 N–H and O–H groups in total. The molecule has 2 amide bonds. The Bertz CT molecular complexity index is 1240. The lowest BCUT2D eigenvalue weighted by molar-refractivity contribution is -0.129. The summed E-state index contributed by atoms with van der Waals surface area (Å²) >= 11 is 2.79. The van der Waals surface area contributed by atoms with Crippen LogP contribution in [0, 0.1) is 0 Å². The maximum atomic E-state index is 13.2. The van der Waals surface area contributed by atoms with Crippen LogP contribution in [0.25, 0.3) is 0 Å². The Morgan fingerprint density at radius 3 is 2.50 bits per heavy atom. The van der Waals surface area contributed by atoms with Gasteiger partial charge in [-0.3, -0.25) is 14.5 Å². The first-order chi connectivity index (χ1) is 17.5. The van der Waals surface area contributed by atoms with Crippen molar-refractivity contribution in [2.75, 3.05) is 19.0 Å². The topological polar surface area (TPSA) is 97.3 Å². The highest BCUT2D eigenvalue weighted by atomic mass is 32.2. The first-order valence-corrected chi connectivity index (χ1v) is 13.0. The Morgan fingerprint density at radius 1 is 1.11 bits per heavy atom. The van der Waals surface area contributed by atoms with Crippen molar-refractivity contribution in [3.05, 3.63) is 76.5 Å². The molecule has 186 valence electrons. The van der Waals surface area contributed by atoms with Crippen molar-refractivity contribution in [2.24, 2.45) is 4.99 Å². The van der Waals surface area contributed by atoms with Gasteiger partial charge in [0.2, 0.25) is 11.8 Å². The Labute approximate surface area is 217 Å². The maximum absolute atomic E-state index is 13.2. The second-order valence-corrected chi connectivity index (χ2v) is 9.95. The largest absolute Gasteiger partial charge is 0.497 e. The van der Waals surface area contributed by atoms with Crippen LogP contribution in [0.5, 0.6) is 5.75 Å². The number of methoxy groups -OCH3 is 1. The summed E-state index contributed by atoms with van der Waals surface area (Å²) in [6.07, 6.45) is 0.0544. The van der Waals surface area contributed by atoms with Gasteiger partial charge in [0.15, 0.2) is 5.17 Å². The van der Waals surface area contributed by atoms with Crippen molar-refractivity contribution in [3.63, 3.8) is 0 Å². The second kappa shape index (κ2) is 11.9. The number of thiophene rings is 1. The Hall–Kier alpha value is -3.63. The van der Waals surface area contributed by atoms with E-state index in [0.29, 0.717) is 41.0 Å². The fraction of sp³-hybridized carbons (Fsp3) is 0.231. The monoisotopic (exact) mass is 523 g/mol. The molecular formula is C26H25N3O5S2. The number of nitrogens with one attached hydrogen (secondary N) is 1. The minimum absolute atomic E-state index is 0.0544. The van der Waals surface area contributed by atoms with Crippen LogP contribution in [0.1, 0.15) is 28.6 Å². The molecule has 0 aliphatic carbocycles. The molecule has 0 unspecified atom stereocenters. The van der Waals surface area contributed by atoms with E-state index in [9.17, 15) is 14.4 Å². The normalized spacial score (nSPS) is 16.6. The molecule has 1 aromatic heterocycles. The average molecular weight is 524 g/mol. The molecular weight excluding hydrogens is 498 g/mol. The van der Waals surface area contributed by atoms with Crippen molar-refractivity contribution >= 4 is 57.4 Å². The SMILES string of the molecule is CCOC(=O)c1ccc(N=C2S[C@@H](C(=O)Nc3ccc(OC)cc3)CC(=O)N2Cc2cccs2)cc1. The van der Waals surface area contributed by atoms with Crippen LogP contribution < -0.4 is 10.1 Å². The van der Waals surface area contributed by atoms with Crippen LogP contribution in [-0.2, 0) is 20.9 Å². The van der Waals surface area contributed by atoms with Gasteiger partial charge in [-0.15, -0.1) is 11.3 Å². The van der Waals surface area contributed by atoms with Crippen molar-refractivity contribution in [3.8, 4) is 5.75 Å². The Kier molecular flexibility index (Phi) is 8.40. The number of nitrogens with zero attached hydrogens (tertiary/aromatic N) is 2. The highest BCUT2D eigenvalue weighted by Gasteiger charge is 2.36. The van der Waals surface area contributed by atoms with Crippen molar-refractivity contribution in [1.29, 1.82) is 0 Å². The van der Waals surface area contributed by atoms with Crippen LogP contribution in [0.3, 0.4) is 0 Å². The molecule has 36 heavy (non-hydrogen) atoms. The number of esters is 1. The van der Waals surface area contributed by atoms with Gasteiger partial charge in [-0.05, 0) is 66.9 Å². The Morgan fingerprint density at radius 2 is 1.86 bits per heavy atom. The van der Waals surface area contributed by atoms with E-state index in [1.54, 1.807) is 78.8 Å². The molecule has 0 saturated carbocycles. The first-order valence-electron chi connectivity index (χ1n) is 11.3. The third-order valence-electron chi connectivity index (χ3n) is 5.29. The first kappa shape index (κ1) is 25.5. The van der Waals surface area contributed by atoms with E-state index in [2.05, 4.69) is 10.3 Å². The van der Waals surface area contributed by atoms with Gasteiger partial charge in [-0.25, -0.2) is 9.79 Å². The van der Waals surface area contributed by atoms with Crippen molar-refractivity contribution in [1.82, 2.24) is 4.90 Å². The lowest BCUT2D eigenvalue weighted by atomic mass is 10.2. The molecule has 1 saturated heterocycles. The van der Waals surface area contributed by atoms with Gasteiger partial charge in [0.05, 0.1) is 31.5 Å². The van der Waals surface area contributed by atoms with Gasteiger partial charge in [-0.2, -0.15) is 0 Å². The maximum Gasteiger partial charge on any atom is 0.338 e. The zero-order valence-corrected chi connectivity index (χ0v) is 21.4. The zero-order valence-electron chi connectivity index (χ0n) is 19.8. The molecule has 1 aliphatic heterocycles. The van der Waals surface area contributed by atoms with E-state index >= 15 is 0 Å². The third-order valence-corrected chi connectivity index (χ3v) is 7.34. The molecule has 0 spiro atoms. The predicted molar refractivity (Wildman–Crippen MR) is 142 cm³/mol. The van der Waals surface area contributed by atoms with Gasteiger partial charge in [0.25, 0.3) is 0 Å². The summed E-state index contributed by atoms with van der Waals surface area (Å²) < 4.78 is 10.2. The number of thioether (sulfide) groups is 1. The number of hydrogen-bond acceptors (Lipinski definition) is 8. The van der Waals surface area contributed by atoms with Crippen LogP contribution >= 0.6 is 23.1 Å². The molecule has 0 radical (unpaired) electrons. The lowest BCUT2D eigenvalue weighted by Crippen LogP contribution is -2.44. The van der Waals surface area contributed by atoms with Crippen molar-refractivity contribution < 1.29 is 23.9 Å². The molecule has 2 heterocycles. The van der Waals surface area contributed by atoms with E-state index in [0.717, 1.165) is 4.88 Å². The zero-order chi connectivity index (χ0) is 25.5. The number of amides is 2. The molecule has 10 heteroatoms. The summed E-state index contributed by atoms with van der Waals surface area (Å²) in [6.45, 7) is 2.41. The fourth-order valence-electron chi connectivity index (χ4n) is 3.45. The summed E-state index contributed by atoms with van der Waals surface area (Å²) in [5.74, 6) is -0.185. The highest BCUT2D eigenvalue weighted by Crippen LogP contribution is 2.32. The van der Waals surface area contributed by atoms with Gasteiger partial charge in [0.1, 0.15) is 11.0 Å². The molecule has 4 rings (SSSR count). The number of carbonyl (C=O) groups is 3. The highest BCUT2D eigenvalue weighted by molar-refractivity contribution is 8.15. The van der Waals surface area contributed by atoms with Crippen LogP contribution in [0.4, 0.5) is 11.4 Å². The van der Waals surface area contributed by atoms with Crippen LogP contribution in [0.15, 0.2) is 71.0 Å². The number of rotatable bonds is 8. The summed E-state index contributed by atoms with van der Waals surface area (Å²) in [7, 11) is 1.57. The molecule has 1 atom stereocenters. The number of ether oxygens (including phenoxy) is 2. The molecule has 2 aromatic carbocycles. The minimum atomic E-state index is -0.642. The average Bonchev–Trinajstić information content (AvgIpc) is 3.40. The van der Waals surface area contributed by atoms with Gasteiger partial charge >= 0.3 is 5.97 Å². The van der Waals surface area contributed by atoms with Crippen molar-refractivity contribution in [2.45, 2.75) is 25.1 Å². The number of benzene rings is 2. The molecule has 1 fully saturated rings. The van der Waals surface area contributed by atoms with E-state index in [1.807, 2.05) is 17.5 Å². The molecule has 8 nitrogen and oxygen atoms in total. The molecule has 3 aromatic rings. The number of amidine groups is 1. The van der Waals surface area contributed by atoms with Crippen LogP contribution in [-0.4, -0.2) is 46.8 Å². The number of anilines is 1. The van der Waals surface area contributed by atoms with E-state index in [4.69, 9.17) is 9.47 Å². The Balaban J connectivity index is 1.56. The van der Waals surface area contributed by atoms with Crippen LogP contribution in [0.2, 0.25) is 0 Å². The van der Waals surface area contributed by atoms with E-state index in [-0.39, 0.29) is 18.2 Å². The molecule has 1 aliphatic rings. The summed E-state index contributed by atoms with van der Waals surface area (Å²) in [4.78, 5) is 45.4. The summed E-state index contributed by atoms with van der Waals surface area (Å²) in [6, 6.07) is 17.5. The molecule has 0 bridgehead atoms. The van der Waals surface area contributed by atoms with Gasteiger partial charge < -0.3 is 14.8 Å². The number of carbonyl (C=O) groups excluding carboxylic acids is 3. The fourth-order valence-corrected chi connectivity index (χ4v) is 5.24. The number of aliphatic imine (C=N–C) groups is 1. The standard InChI is InChI=1S/C26H25N3O5S2/c1-3-34-25(32)17-6-8-19(9-7-17)28-26-29(16-21-5-4-14-35-21)23(30)15-22(36-26)24(31)27-18-10-12-20(33-2)13-11-18/h4-14,22H,3,15-16H2,1-2H3,(H,27,31)/t22-/m1/s1. The second-order valence-electron chi connectivity index (χ2n) is 7.75. The summed E-state index contributed by atoms with van der Waals surface area (Å²) in [5, 5.41) is 4.61. The van der Waals surface area contributed by atoms with E-state index < -0.39 is 11.2 Å². The quantitative estimate of drug-likeness (QED) is 0.413.